The first-order valence-corrected chi connectivity index (χ1v) is 4.80. The zero-order valence-corrected chi connectivity index (χ0v) is 8.23. The fourth-order valence-corrected chi connectivity index (χ4v) is 1.02. The molecule has 13 heavy (non-hydrogen) atoms. The molecule has 3 nitrogen and oxygen atoms in total. The molecule has 0 spiro atoms. The van der Waals surface area contributed by atoms with E-state index in [1.54, 1.807) is 0 Å². The summed E-state index contributed by atoms with van der Waals surface area (Å²) in [4.78, 5) is 11.1. The van der Waals surface area contributed by atoms with Gasteiger partial charge in [-0.2, -0.15) is 0 Å². The highest BCUT2D eigenvalue weighted by Gasteiger charge is 2.20. The fraction of sp³-hybridized carbons (Fsp3) is 0.700. The van der Waals surface area contributed by atoms with Crippen molar-refractivity contribution in [2.24, 2.45) is 5.92 Å². The molecule has 74 valence electrons. The summed E-state index contributed by atoms with van der Waals surface area (Å²) >= 11 is 0. The monoisotopic (exact) mass is 182 g/mol. The molecule has 0 aliphatic heterocycles. The van der Waals surface area contributed by atoms with Gasteiger partial charge in [-0.3, -0.25) is 4.79 Å². The second kappa shape index (κ2) is 5.02. The van der Waals surface area contributed by atoms with Gasteiger partial charge in [0.1, 0.15) is 0 Å². The first-order valence-electron chi connectivity index (χ1n) is 4.80. The predicted octanol–water partition coefficient (Wildman–Crippen LogP) is 0.678. The summed E-state index contributed by atoms with van der Waals surface area (Å²) in [6.07, 6.45) is 2.64. The molecule has 0 saturated heterocycles. The van der Waals surface area contributed by atoms with E-state index in [1.807, 2.05) is 6.92 Å². The molecule has 0 unspecified atom stereocenters. The van der Waals surface area contributed by atoms with Crippen LogP contribution in [0.25, 0.3) is 0 Å². The highest BCUT2D eigenvalue weighted by atomic mass is 16.1. The van der Waals surface area contributed by atoms with Crippen molar-refractivity contribution in [3.8, 4) is 0 Å². The van der Waals surface area contributed by atoms with E-state index in [-0.39, 0.29) is 5.91 Å². The molecule has 1 fully saturated rings. The molecule has 0 radical (unpaired) electrons. The van der Waals surface area contributed by atoms with Crippen LogP contribution in [0, 0.1) is 5.92 Å². The van der Waals surface area contributed by atoms with Crippen molar-refractivity contribution in [2.75, 3.05) is 19.6 Å². The van der Waals surface area contributed by atoms with Crippen LogP contribution >= 0.6 is 0 Å². The van der Waals surface area contributed by atoms with E-state index in [0.29, 0.717) is 13.1 Å². The van der Waals surface area contributed by atoms with E-state index in [9.17, 15) is 4.79 Å². The third-order valence-electron chi connectivity index (χ3n) is 2.00. The minimum atomic E-state index is 0.0589. The highest BCUT2D eigenvalue weighted by molar-refractivity contribution is 5.78. The van der Waals surface area contributed by atoms with Gasteiger partial charge >= 0.3 is 0 Å². The molecule has 3 heteroatoms. The van der Waals surface area contributed by atoms with Crippen molar-refractivity contribution < 1.29 is 4.79 Å². The van der Waals surface area contributed by atoms with Crippen LogP contribution in [0.2, 0.25) is 0 Å². The second-order valence-corrected chi connectivity index (χ2v) is 3.81. The van der Waals surface area contributed by atoms with Crippen molar-refractivity contribution in [1.82, 2.24) is 10.6 Å². The van der Waals surface area contributed by atoms with Crippen LogP contribution < -0.4 is 10.6 Å². The molecule has 1 amide bonds. The van der Waals surface area contributed by atoms with Crippen molar-refractivity contribution >= 4 is 5.91 Å². The molecule has 0 aromatic rings. The average molecular weight is 182 g/mol. The zero-order valence-electron chi connectivity index (χ0n) is 8.23. The van der Waals surface area contributed by atoms with Crippen molar-refractivity contribution in [2.45, 2.75) is 19.8 Å². The normalized spacial score (nSPS) is 15.5. The number of nitrogens with one attached hydrogen (secondary N) is 2. The molecule has 0 bridgehead atoms. The topological polar surface area (TPSA) is 41.1 Å². The summed E-state index contributed by atoms with van der Waals surface area (Å²) < 4.78 is 0. The summed E-state index contributed by atoms with van der Waals surface area (Å²) in [6, 6.07) is 0. The molecular weight excluding hydrogens is 164 g/mol. The Labute approximate surface area is 79.6 Å². The Morgan fingerprint density at radius 2 is 2.15 bits per heavy atom. The van der Waals surface area contributed by atoms with Gasteiger partial charge in [0.2, 0.25) is 5.91 Å². The number of hydrogen-bond donors (Lipinski definition) is 2. The standard InChI is InChI=1S/C10H18N2O/c1-8(2)5-12-10(13)7-11-6-9-3-4-9/h9,11H,1,3-7H2,2H3,(H,12,13). The Balaban J connectivity index is 1.93. The number of amides is 1. The van der Waals surface area contributed by atoms with E-state index in [0.717, 1.165) is 18.0 Å². The van der Waals surface area contributed by atoms with E-state index in [4.69, 9.17) is 0 Å². The first kappa shape index (κ1) is 10.3. The van der Waals surface area contributed by atoms with Gasteiger partial charge in [0.25, 0.3) is 0 Å². The van der Waals surface area contributed by atoms with Gasteiger partial charge in [-0.25, -0.2) is 0 Å². The molecule has 2 N–H and O–H groups in total. The van der Waals surface area contributed by atoms with Gasteiger partial charge in [0.05, 0.1) is 6.54 Å². The van der Waals surface area contributed by atoms with Crippen LogP contribution in [-0.4, -0.2) is 25.5 Å². The summed E-state index contributed by atoms with van der Waals surface area (Å²) in [5.74, 6) is 0.887. The van der Waals surface area contributed by atoms with E-state index < -0.39 is 0 Å². The smallest absolute Gasteiger partial charge is 0.234 e. The van der Waals surface area contributed by atoms with Crippen molar-refractivity contribution in [3.05, 3.63) is 12.2 Å². The maximum atomic E-state index is 11.1. The predicted molar refractivity (Wildman–Crippen MR) is 53.4 cm³/mol. The van der Waals surface area contributed by atoms with Crippen molar-refractivity contribution in [3.63, 3.8) is 0 Å². The lowest BCUT2D eigenvalue weighted by molar-refractivity contribution is -0.120. The molecular formula is C10H18N2O. The van der Waals surface area contributed by atoms with Crippen LogP contribution in [0.4, 0.5) is 0 Å². The van der Waals surface area contributed by atoms with Gasteiger partial charge in [0.15, 0.2) is 0 Å². The van der Waals surface area contributed by atoms with Gasteiger partial charge in [-0.15, -0.1) is 0 Å². The SMILES string of the molecule is C=C(C)CNC(=O)CNCC1CC1. The third-order valence-corrected chi connectivity index (χ3v) is 2.00. The number of carbonyl (C=O) groups is 1. The van der Waals surface area contributed by atoms with Crippen LogP contribution in [0.1, 0.15) is 19.8 Å². The Bertz CT molecular complexity index is 197. The summed E-state index contributed by atoms with van der Waals surface area (Å²) in [6.45, 7) is 7.62. The largest absolute Gasteiger partial charge is 0.351 e. The van der Waals surface area contributed by atoms with Crippen LogP contribution in [0.3, 0.4) is 0 Å². The van der Waals surface area contributed by atoms with E-state index in [1.165, 1.54) is 12.8 Å². The summed E-state index contributed by atoms with van der Waals surface area (Å²) in [7, 11) is 0. The minimum Gasteiger partial charge on any atom is -0.351 e. The van der Waals surface area contributed by atoms with Crippen molar-refractivity contribution in [1.29, 1.82) is 0 Å². The highest BCUT2D eigenvalue weighted by Crippen LogP contribution is 2.27. The van der Waals surface area contributed by atoms with Gasteiger partial charge in [0, 0.05) is 6.54 Å². The molecule has 1 aliphatic carbocycles. The minimum absolute atomic E-state index is 0.0589. The third kappa shape index (κ3) is 5.42. The Morgan fingerprint density at radius 3 is 2.69 bits per heavy atom. The van der Waals surface area contributed by atoms with Gasteiger partial charge in [-0.05, 0) is 32.2 Å². The lowest BCUT2D eigenvalue weighted by Crippen LogP contribution is -2.35. The summed E-state index contributed by atoms with van der Waals surface area (Å²) in [5, 5.41) is 5.90. The molecule has 0 atom stereocenters. The Morgan fingerprint density at radius 1 is 1.46 bits per heavy atom. The number of carbonyl (C=O) groups excluding carboxylic acids is 1. The molecule has 1 saturated carbocycles. The maximum absolute atomic E-state index is 11.1. The Kier molecular flexibility index (Phi) is 3.96. The van der Waals surface area contributed by atoms with Crippen LogP contribution in [0.15, 0.2) is 12.2 Å². The fourth-order valence-electron chi connectivity index (χ4n) is 1.02. The average Bonchev–Trinajstić information content (AvgIpc) is 2.84. The first-order chi connectivity index (χ1) is 6.18. The lowest BCUT2D eigenvalue weighted by atomic mass is 10.3. The van der Waals surface area contributed by atoms with E-state index >= 15 is 0 Å². The second-order valence-electron chi connectivity index (χ2n) is 3.81. The molecule has 1 aliphatic rings. The van der Waals surface area contributed by atoms with E-state index in [2.05, 4.69) is 17.2 Å². The summed E-state index contributed by atoms with van der Waals surface area (Å²) in [5.41, 5.74) is 0.982. The molecule has 0 aromatic carbocycles. The lowest BCUT2D eigenvalue weighted by Gasteiger charge is -2.05. The molecule has 0 heterocycles. The van der Waals surface area contributed by atoms with Gasteiger partial charge < -0.3 is 10.6 Å². The van der Waals surface area contributed by atoms with Crippen LogP contribution in [-0.2, 0) is 4.79 Å². The number of rotatable bonds is 6. The maximum Gasteiger partial charge on any atom is 0.234 e. The number of hydrogen-bond acceptors (Lipinski definition) is 2. The Hall–Kier alpha value is -0.830. The van der Waals surface area contributed by atoms with Crippen LogP contribution in [0.5, 0.6) is 0 Å². The zero-order chi connectivity index (χ0) is 9.68. The quantitative estimate of drug-likeness (QED) is 0.593. The van der Waals surface area contributed by atoms with Gasteiger partial charge in [-0.1, -0.05) is 12.2 Å². The molecule has 1 rings (SSSR count). The molecule has 0 aromatic heterocycles.